The highest BCUT2D eigenvalue weighted by Gasteiger charge is 2.27. The number of hydrogen-bond donors (Lipinski definition) is 2. The second-order valence-electron chi connectivity index (χ2n) is 6.24. The zero-order valence-electron chi connectivity index (χ0n) is 14.2. The molecule has 8 nitrogen and oxygen atoms in total. The maximum Gasteiger partial charge on any atom is 0.293 e. The van der Waals surface area contributed by atoms with Crippen molar-refractivity contribution in [3.63, 3.8) is 0 Å². The summed E-state index contributed by atoms with van der Waals surface area (Å²) in [6.07, 6.45) is 0.772. The number of hydrogen-bond acceptors (Lipinski definition) is 6. The van der Waals surface area contributed by atoms with Crippen LogP contribution in [-0.4, -0.2) is 37.6 Å². The van der Waals surface area contributed by atoms with Crippen LogP contribution < -0.4 is 9.62 Å². The fourth-order valence-electron chi connectivity index (χ4n) is 3.01. The van der Waals surface area contributed by atoms with Crippen molar-refractivity contribution >= 4 is 38.7 Å². The Labute approximate surface area is 161 Å². The van der Waals surface area contributed by atoms with Gasteiger partial charge in [0.05, 0.1) is 26.6 Å². The Kier molecular flexibility index (Phi) is 5.54. The summed E-state index contributed by atoms with van der Waals surface area (Å²) in [4.78, 5) is 12.4. The van der Waals surface area contributed by atoms with Gasteiger partial charge in [-0.2, -0.15) is 0 Å². The van der Waals surface area contributed by atoms with Crippen molar-refractivity contribution < 1.29 is 18.4 Å². The van der Waals surface area contributed by atoms with Crippen LogP contribution in [0.15, 0.2) is 47.4 Å². The highest BCUT2D eigenvalue weighted by molar-refractivity contribution is 7.92. The van der Waals surface area contributed by atoms with E-state index >= 15 is 0 Å². The van der Waals surface area contributed by atoms with Crippen LogP contribution in [0, 0.1) is 10.1 Å². The number of nitro groups is 1. The third kappa shape index (κ3) is 4.32. The fraction of sp³-hybridized carbons (Fsp3) is 0.294. The first kappa shape index (κ1) is 19.4. The van der Waals surface area contributed by atoms with E-state index in [4.69, 9.17) is 11.6 Å². The van der Waals surface area contributed by atoms with Gasteiger partial charge in [-0.05, 0) is 37.1 Å². The van der Waals surface area contributed by atoms with Gasteiger partial charge in [-0.1, -0.05) is 23.7 Å². The van der Waals surface area contributed by atoms with Crippen LogP contribution >= 0.6 is 11.6 Å². The second-order valence-corrected chi connectivity index (χ2v) is 8.32. The molecule has 1 aliphatic rings. The number of aliphatic hydroxyl groups is 1. The van der Waals surface area contributed by atoms with Gasteiger partial charge >= 0.3 is 0 Å². The van der Waals surface area contributed by atoms with E-state index in [9.17, 15) is 23.6 Å². The molecule has 3 rings (SSSR count). The van der Waals surface area contributed by atoms with Crippen molar-refractivity contribution in [3.05, 3.63) is 57.6 Å². The number of aliphatic hydroxyl groups excluding tert-OH is 1. The van der Waals surface area contributed by atoms with Crippen LogP contribution in [0.4, 0.5) is 17.1 Å². The Balaban J connectivity index is 1.96. The average molecular weight is 412 g/mol. The molecule has 1 heterocycles. The molecule has 1 fully saturated rings. The number of sulfonamides is 1. The van der Waals surface area contributed by atoms with Gasteiger partial charge < -0.3 is 10.0 Å². The van der Waals surface area contributed by atoms with E-state index in [-0.39, 0.29) is 33.5 Å². The molecule has 0 radical (unpaired) electrons. The molecule has 1 atom stereocenters. The number of para-hydroxylation sites is 1. The predicted molar refractivity (Wildman–Crippen MR) is 103 cm³/mol. The number of halogens is 1. The zero-order chi connectivity index (χ0) is 19.6. The minimum atomic E-state index is -4.06. The zero-order valence-corrected chi connectivity index (χ0v) is 15.8. The third-order valence-electron chi connectivity index (χ3n) is 4.31. The summed E-state index contributed by atoms with van der Waals surface area (Å²) in [6.45, 7) is 0.826. The Morgan fingerprint density at radius 1 is 1.26 bits per heavy atom. The predicted octanol–water partition coefficient (Wildman–Crippen LogP) is 3.01. The van der Waals surface area contributed by atoms with Crippen molar-refractivity contribution in [1.82, 2.24) is 0 Å². The monoisotopic (exact) mass is 411 g/mol. The van der Waals surface area contributed by atoms with Crippen LogP contribution in [0.2, 0.25) is 5.02 Å². The van der Waals surface area contributed by atoms with E-state index in [1.807, 2.05) is 0 Å². The minimum absolute atomic E-state index is 0.185. The second kappa shape index (κ2) is 7.71. The van der Waals surface area contributed by atoms with Crippen LogP contribution in [0.3, 0.4) is 0 Å². The summed E-state index contributed by atoms with van der Waals surface area (Å²) >= 11 is 5.97. The minimum Gasteiger partial charge on any atom is -0.391 e. The van der Waals surface area contributed by atoms with Crippen LogP contribution in [0.5, 0.6) is 0 Å². The first-order chi connectivity index (χ1) is 12.8. The average Bonchev–Trinajstić information content (AvgIpc) is 2.63. The number of anilines is 2. The highest BCUT2D eigenvalue weighted by Crippen LogP contribution is 2.33. The quantitative estimate of drug-likeness (QED) is 0.577. The molecule has 0 bridgehead atoms. The lowest BCUT2D eigenvalue weighted by Crippen LogP contribution is -2.38. The van der Waals surface area contributed by atoms with E-state index in [0.29, 0.717) is 19.4 Å². The van der Waals surface area contributed by atoms with Crippen molar-refractivity contribution in [2.75, 3.05) is 22.7 Å². The Hall–Kier alpha value is -2.36. The number of nitrogens with one attached hydrogen (secondary N) is 1. The van der Waals surface area contributed by atoms with Crippen LogP contribution in [0.25, 0.3) is 0 Å². The first-order valence-electron chi connectivity index (χ1n) is 8.27. The molecule has 0 aliphatic carbocycles. The molecule has 0 amide bonds. The SMILES string of the molecule is O=[N+]([O-])c1cc(S(=O)(=O)Nc2ccccc2Cl)ccc1N1CCC[C@H](O)C1. The topological polar surface area (TPSA) is 113 Å². The summed E-state index contributed by atoms with van der Waals surface area (Å²) in [5.74, 6) is 0. The van der Waals surface area contributed by atoms with E-state index in [1.165, 1.54) is 24.3 Å². The standard InChI is InChI=1S/C17H18ClN3O5S/c18-14-5-1-2-6-15(14)19-27(25,26)13-7-8-16(17(10-13)21(23)24)20-9-3-4-12(22)11-20/h1-2,5-8,10,12,19,22H,3-4,9,11H2/t12-/m0/s1. The Morgan fingerprint density at radius 2 is 2.00 bits per heavy atom. The van der Waals surface area contributed by atoms with Crippen LogP contribution in [-0.2, 0) is 10.0 Å². The molecule has 2 aromatic carbocycles. The van der Waals surface area contributed by atoms with Crippen molar-refractivity contribution in [2.45, 2.75) is 23.8 Å². The normalized spacial score (nSPS) is 17.6. The number of piperidine rings is 1. The molecule has 2 N–H and O–H groups in total. The number of nitro benzene ring substituents is 1. The Morgan fingerprint density at radius 3 is 2.67 bits per heavy atom. The molecule has 10 heteroatoms. The molecule has 1 saturated heterocycles. The lowest BCUT2D eigenvalue weighted by molar-refractivity contribution is -0.384. The molecule has 0 saturated carbocycles. The van der Waals surface area contributed by atoms with Crippen molar-refractivity contribution in [3.8, 4) is 0 Å². The van der Waals surface area contributed by atoms with Gasteiger partial charge in [0, 0.05) is 19.2 Å². The van der Waals surface area contributed by atoms with Gasteiger partial charge in [-0.3, -0.25) is 14.8 Å². The maximum absolute atomic E-state index is 12.6. The molecular formula is C17H18ClN3O5S. The van der Waals surface area contributed by atoms with E-state index < -0.39 is 21.1 Å². The lowest BCUT2D eigenvalue weighted by atomic mass is 10.1. The molecule has 0 unspecified atom stereocenters. The molecule has 1 aliphatic heterocycles. The highest BCUT2D eigenvalue weighted by atomic mass is 35.5. The number of β-amino-alcohol motifs (C(OH)–C–C–N with tert-alkyl or cyclic N) is 1. The van der Waals surface area contributed by atoms with E-state index in [0.717, 1.165) is 6.07 Å². The Bertz CT molecular complexity index is 967. The largest absolute Gasteiger partial charge is 0.391 e. The van der Waals surface area contributed by atoms with Gasteiger partial charge in [0.15, 0.2) is 0 Å². The molecule has 27 heavy (non-hydrogen) atoms. The molecular weight excluding hydrogens is 394 g/mol. The molecule has 2 aromatic rings. The first-order valence-corrected chi connectivity index (χ1v) is 10.1. The van der Waals surface area contributed by atoms with Gasteiger partial charge in [0.25, 0.3) is 15.7 Å². The summed E-state index contributed by atoms with van der Waals surface area (Å²) in [7, 11) is -4.06. The molecule has 0 spiro atoms. The lowest BCUT2D eigenvalue weighted by Gasteiger charge is -2.31. The summed E-state index contributed by atoms with van der Waals surface area (Å²) < 4.78 is 27.6. The smallest absolute Gasteiger partial charge is 0.293 e. The third-order valence-corrected chi connectivity index (χ3v) is 6.00. The van der Waals surface area contributed by atoms with Gasteiger partial charge in [-0.15, -0.1) is 0 Å². The summed E-state index contributed by atoms with van der Waals surface area (Å²) in [5, 5.41) is 21.5. The number of nitrogens with zero attached hydrogens (tertiary/aromatic N) is 2. The molecule has 0 aromatic heterocycles. The maximum atomic E-state index is 12.6. The van der Waals surface area contributed by atoms with Gasteiger partial charge in [0.2, 0.25) is 0 Å². The van der Waals surface area contributed by atoms with Gasteiger partial charge in [0.1, 0.15) is 5.69 Å². The van der Waals surface area contributed by atoms with Crippen molar-refractivity contribution in [2.24, 2.45) is 0 Å². The van der Waals surface area contributed by atoms with Gasteiger partial charge in [-0.25, -0.2) is 8.42 Å². The summed E-state index contributed by atoms with van der Waals surface area (Å²) in [6, 6.07) is 10.0. The van der Waals surface area contributed by atoms with Crippen molar-refractivity contribution in [1.29, 1.82) is 0 Å². The fourth-order valence-corrected chi connectivity index (χ4v) is 4.34. The molecule has 144 valence electrons. The van der Waals surface area contributed by atoms with E-state index in [1.54, 1.807) is 17.0 Å². The number of benzene rings is 2. The summed E-state index contributed by atoms with van der Waals surface area (Å²) in [5.41, 5.74) is 0.145. The van der Waals surface area contributed by atoms with E-state index in [2.05, 4.69) is 4.72 Å². The van der Waals surface area contributed by atoms with Crippen LogP contribution in [0.1, 0.15) is 12.8 Å². The number of rotatable bonds is 5.